The maximum atomic E-state index is 14.4. The molecule has 0 aliphatic rings. The third-order valence-corrected chi connectivity index (χ3v) is 7.51. The maximum Gasteiger partial charge on any atom is 0.243 e. The number of nitrogens with one attached hydrogen (secondary N) is 1. The van der Waals surface area contributed by atoms with Crippen molar-refractivity contribution < 1.29 is 22.4 Å². The molecular weight excluding hydrogens is 517 g/mol. The molecule has 0 saturated carbocycles. The minimum atomic E-state index is -3.79. The Morgan fingerprint density at radius 1 is 0.949 bits per heavy atom. The van der Waals surface area contributed by atoms with E-state index in [2.05, 4.69) is 5.32 Å². The lowest BCUT2D eigenvalue weighted by Crippen LogP contribution is -2.50. The average Bonchev–Trinajstić information content (AvgIpc) is 2.89. The number of carbonyl (C=O) groups excluding carboxylic acids is 2. The standard InChI is InChI=1S/C30H36FN3O4S/c1-4-32-30(36)28(21-24-13-6-5-7-14-24)33(22-25-15-10-12-23(2)20-25)29(35)18-11-19-34(39(3,37)38)27-17-9-8-16-26(27)31/h5-10,12-17,20,28H,4,11,18-19,21-22H2,1-3H3,(H,32,36). The maximum absolute atomic E-state index is 14.4. The van der Waals surface area contributed by atoms with Crippen LogP contribution in [0.5, 0.6) is 0 Å². The van der Waals surface area contributed by atoms with Crippen molar-refractivity contribution in [2.24, 2.45) is 0 Å². The van der Waals surface area contributed by atoms with Crippen molar-refractivity contribution in [3.8, 4) is 0 Å². The van der Waals surface area contributed by atoms with E-state index in [9.17, 15) is 22.4 Å². The third kappa shape index (κ3) is 8.64. The second-order valence-electron chi connectivity index (χ2n) is 9.50. The molecule has 0 aromatic heterocycles. The first-order chi connectivity index (χ1) is 18.6. The summed E-state index contributed by atoms with van der Waals surface area (Å²) in [7, 11) is -3.79. The zero-order valence-electron chi connectivity index (χ0n) is 22.6. The minimum absolute atomic E-state index is 0.0169. The molecule has 0 aliphatic heterocycles. The normalized spacial score (nSPS) is 12.0. The summed E-state index contributed by atoms with van der Waals surface area (Å²) in [5, 5.41) is 2.86. The Bertz CT molecular complexity index is 1370. The van der Waals surface area contributed by atoms with Gasteiger partial charge in [-0.25, -0.2) is 12.8 Å². The fraction of sp³-hybridized carbons (Fsp3) is 0.333. The number of aryl methyl sites for hydroxylation is 1. The minimum Gasteiger partial charge on any atom is -0.355 e. The Labute approximate surface area is 230 Å². The SMILES string of the molecule is CCNC(=O)C(Cc1ccccc1)N(Cc1cccc(C)c1)C(=O)CCCN(c1ccccc1F)S(C)(=O)=O. The summed E-state index contributed by atoms with van der Waals surface area (Å²) in [5.74, 6) is -1.20. The highest BCUT2D eigenvalue weighted by Crippen LogP contribution is 2.23. The van der Waals surface area contributed by atoms with Crippen LogP contribution >= 0.6 is 0 Å². The second kappa shape index (κ2) is 13.9. The topological polar surface area (TPSA) is 86.8 Å². The smallest absolute Gasteiger partial charge is 0.243 e. The number of rotatable bonds is 13. The van der Waals surface area contributed by atoms with Crippen LogP contribution in [0.15, 0.2) is 78.9 Å². The van der Waals surface area contributed by atoms with Crippen molar-refractivity contribution in [3.63, 3.8) is 0 Å². The van der Waals surface area contributed by atoms with E-state index in [0.29, 0.717) is 13.0 Å². The summed E-state index contributed by atoms with van der Waals surface area (Å²) in [6.45, 7) is 4.35. The highest BCUT2D eigenvalue weighted by molar-refractivity contribution is 7.92. The predicted octanol–water partition coefficient (Wildman–Crippen LogP) is 4.46. The molecule has 9 heteroatoms. The number of hydrogen-bond acceptors (Lipinski definition) is 4. The van der Waals surface area contributed by atoms with Gasteiger partial charge in [-0.05, 0) is 43.5 Å². The van der Waals surface area contributed by atoms with Crippen LogP contribution in [0.1, 0.15) is 36.5 Å². The van der Waals surface area contributed by atoms with Crippen molar-refractivity contribution in [1.29, 1.82) is 0 Å². The summed E-state index contributed by atoms with van der Waals surface area (Å²) in [6.07, 6.45) is 1.47. The van der Waals surface area contributed by atoms with Crippen LogP contribution in [0.4, 0.5) is 10.1 Å². The molecule has 2 amide bonds. The predicted molar refractivity (Wildman–Crippen MR) is 152 cm³/mol. The number of likely N-dealkylation sites (N-methyl/N-ethyl adjacent to an activating group) is 1. The van der Waals surface area contributed by atoms with Gasteiger partial charge in [-0.1, -0.05) is 72.3 Å². The molecular formula is C30H36FN3O4S. The van der Waals surface area contributed by atoms with E-state index in [-0.39, 0.29) is 43.4 Å². The van der Waals surface area contributed by atoms with Crippen LogP contribution in [-0.2, 0) is 32.6 Å². The Balaban J connectivity index is 1.87. The summed E-state index contributed by atoms with van der Waals surface area (Å²) >= 11 is 0. The van der Waals surface area contributed by atoms with E-state index in [1.807, 2.05) is 68.4 Å². The number of anilines is 1. The number of para-hydroxylation sites is 1. The fourth-order valence-corrected chi connectivity index (χ4v) is 5.46. The van der Waals surface area contributed by atoms with Gasteiger partial charge in [0.05, 0.1) is 11.9 Å². The molecule has 0 heterocycles. The highest BCUT2D eigenvalue weighted by atomic mass is 32.2. The average molecular weight is 554 g/mol. The van der Waals surface area contributed by atoms with Crippen LogP contribution in [0.25, 0.3) is 0 Å². The van der Waals surface area contributed by atoms with Crippen LogP contribution < -0.4 is 9.62 Å². The number of carbonyl (C=O) groups is 2. The zero-order valence-corrected chi connectivity index (χ0v) is 23.5. The van der Waals surface area contributed by atoms with Crippen LogP contribution in [0.3, 0.4) is 0 Å². The summed E-state index contributed by atoms with van der Waals surface area (Å²) < 4.78 is 40.3. The first-order valence-electron chi connectivity index (χ1n) is 13.0. The monoisotopic (exact) mass is 553 g/mol. The van der Waals surface area contributed by atoms with Gasteiger partial charge in [-0.15, -0.1) is 0 Å². The van der Waals surface area contributed by atoms with E-state index < -0.39 is 21.9 Å². The molecule has 0 bridgehead atoms. The molecule has 3 aromatic carbocycles. The largest absolute Gasteiger partial charge is 0.355 e. The lowest BCUT2D eigenvalue weighted by molar-refractivity contribution is -0.141. The number of amides is 2. The van der Waals surface area contributed by atoms with Crippen molar-refractivity contribution in [2.45, 2.75) is 45.7 Å². The number of hydrogen-bond donors (Lipinski definition) is 1. The highest BCUT2D eigenvalue weighted by Gasteiger charge is 2.30. The van der Waals surface area contributed by atoms with Gasteiger partial charge in [-0.3, -0.25) is 13.9 Å². The lowest BCUT2D eigenvalue weighted by atomic mass is 10.0. The fourth-order valence-electron chi connectivity index (χ4n) is 4.49. The number of benzene rings is 3. The van der Waals surface area contributed by atoms with Crippen LogP contribution in [0.2, 0.25) is 0 Å². The molecule has 1 N–H and O–H groups in total. The van der Waals surface area contributed by atoms with E-state index >= 15 is 0 Å². The Morgan fingerprint density at radius 3 is 2.26 bits per heavy atom. The number of halogens is 1. The first kappa shape index (κ1) is 29.8. The van der Waals surface area contributed by atoms with E-state index in [1.165, 1.54) is 18.2 Å². The molecule has 208 valence electrons. The summed E-state index contributed by atoms with van der Waals surface area (Å²) in [4.78, 5) is 28.5. The molecule has 1 atom stereocenters. The molecule has 0 spiro atoms. The van der Waals surface area contributed by atoms with E-state index in [4.69, 9.17) is 0 Å². The first-order valence-corrected chi connectivity index (χ1v) is 14.8. The summed E-state index contributed by atoms with van der Waals surface area (Å²) in [6, 6.07) is 22.1. The molecule has 0 fully saturated rings. The van der Waals surface area contributed by atoms with Crippen molar-refractivity contribution in [1.82, 2.24) is 10.2 Å². The van der Waals surface area contributed by atoms with Gasteiger partial charge in [0.2, 0.25) is 21.8 Å². The van der Waals surface area contributed by atoms with Gasteiger partial charge in [-0.2, -0.15) is 0 Å². The molecule has 0 saturated heterocycles. The van der Waals surface area contributed by atoms with Gasteiger partial charge in [0.15, 0.2) is 0 Å². The molecule has 3 rings (SSSR count). The second-order valence-corrected chi connectivity index (χ2v) is 11.4. The number of nitrogens with zero attached hydrogens (tertiary/aromatic N) is 2. The van der Waals surface area contributed by atoms with Crippen molar-refractivity contribution in [3.05, 3.63) is 101 Å². The van der Waals surface area contributed by atoms with Gasteiger partial charge in [0.1, 0.15) is 11.9 Å². The Hall–Kier alpha value is -3.72. The van der Waals surface area contributed by atoms with Crippen LogP contribution in [0, 0.1) is 12.7 Å². The molecule has 7 nitrogen and oxygen atoms in total. The van der Waals surface area contributed by atoms with Gasteiger partial charge < -0.3 is 10.2 Å². The quantitative estimate of drug-likeness (QED) is 0.339. The molecule has 0 aliphatic carbocycles. The van der Waals surface area contributed by atoms with Gasteiger partial charge in [0, 0.05) is 32.5 Å². The van der Waals surface area contributed by atoms with E-state index in [1.54, 1.807) is 11.0 Å². The molecule has 39 heavy (non-hydrogen) atoms. The molecule has 1 unspecified atom stereocenters. The third-order valence-electron chi connectivity index (χ3n) is 6.33. The molecule has 0 radical (unpaired) electrons. The van der Waals surface area contributed by atoms with Gasteiger partial charge >= 0.3 is 0 Å². The Morgan fingerprint density at radius 2 is 1.62 bits per heavy atom. The van der Waals surface area contributed by atoms with E-state index in [0.717, 1.165) is 27.3 Å². The van der Waals surface area contributed by atoms with Crippen molar-refractivity contribution in [2.75, 3.05) is 23.7 Å². The summed E-state index contributed by atoms with van der Waals surface area (Å²) in [5.41, 5.74) is 2.77. The van der Waals surface area contributed by atoms with Crippen LogP contribution in [-0.4, -0.2) is 50.5 Å². The Kier molecular flexibility index (Phi) is 10.6. The van der Waals surface area contributed by atoms with Crippen molar-refractivity contribution >= 4 is 27.5 Å². The zero-order chi connectivity index (χ0) is 28.4. The lowest BCUT2D eigenvalue weighted by Gasteiger charge is -2.32. The molecule has 3 aromatic rings. The van der Waals surface area contributed by atoms with Gasteiger partial charge in [0.25, 0.3) is 0 Å². The number of sulfonamides is 1.